The van der Waals surface area contributed by atoms with Crippen LogP contribution in [0.25, 0.3) is 0 Å². The molecule has 5 nitrogen and oxygen atoms in total. The normalized spacial score (nSPS) is 11.2. The van der Waals surface area contributed by atoms with E-state index in [4.69, 9.17) is 9.84 Å². The molecule has 6 heteroatoms. The first-order chi connectivity index (χ1) is 9.96. The Morgan fingerprint density at radius 1 is 1.19 bits per heavy atom. The zero-order chi connectivity index (χ0) is 15.5. The minimum atomic E-state index is -3.68. The van der Waals surface area contributed by atoms with E-state index in [-0.39, 0.29) is 11.5 Å². The number of aliphatic hydroxyl groups is 1. The van der Waals surface area contributed by atoms with Crippen LogP contribution < -0.4 is 9.46 Å². The minimum absolute atomic E-state index is 0.113. The number of anilines is 1. The molecule has 2 rings (SSSR count). The van der Waals surface area contributed by atoms with Gasteiger partial charge < -0.3 is 9.84 Å². The van der Waals surface area contributed by atoms with Crippen LogP contribution in [0.1, 0.15) is 11.1 Å². The van der Waals surface area contributed by atoms with Crippen molar-refractivity contribution < 1.29 is 18.3 Å². The summed E-state index contributed by atoms with van der Waals surface area (Å²) in [5.74, 6) is 0.695. The van der Waals surface area contributed by atoms with E-state index in [0.29, 0.717) is 17.0 Å². The summed E-state index contributed by atoms with van der Waals surface area (Å²) in [6, 6.07) is 11.2. The molecule has 0 radical (unpaired) electrons. The maximum atomic E-state index is 12.3. The Hall–Kier alpha value is -2.05. The summed E-state index contributed by atoms with van der Waals surface area (Å²) >= 11 is 0. The highest BCUT2D eigenvalue weighted by Crippen LogP contribution is 2.23. The van der Waals surface area contributed by atoms with Crippen LogP contribution in [0.2, 0.25) is 0 Å². The van der Waals surface area contributed by atoms with E-state index >= 15 is 0 Å². The van der Waals surface area contributed by atoms with Gasteiger partial charge in [-0.15, -0.1) is 0 Å². The first-order valence-corrected chi connectivity index (χ1v) is 7.82. The third-order valence-corrected chi connectivity index (χ3v) is 4.42. The molecule has 0 saturated heterocycles. The van der Waals surface area contributed by atoms with Gasteiger partial charge in [-0.3, -0.25) is 4.72 Å². The van der Waals surface area contributed by atoms with Gasteiger partial charge in [-0.1, -0.05) is 12.1 Å². The first-order valence-electron chi connectivity index (χ1n) is 6.33. The monoisotopic (exact) mass is 307 g/mol. The molecule has 0 aliphatic carbocycles. The SMILES string of the molecule is COc1ccc(NS(=O)(=O)c2cccc(CO)c2)cc1C. The highest BCUT2D eigenvalue weighted by atomic mass is 32.2. The zero-order valence-corrected chi connectivity index (χ0v) is 12.6. The second-order valence-electron chi connectivity index (χ2n) is 4.60. The average Bonchev–Trinajstić information content (AvgIpc) is 2.47. The Kier molecular flexibility index (Phi) is 4.50. The molecule has 0 atom stereocenters. The number of nitrogens with one attached hydrogen (secondary N) is 1. The molecule has 0 aliphatic rings. The van der Waals surface area contributed by atoms with Gasteiger partial charge in [0.05, 0.1) is 18.6 Å². The van der Waals surface area contributed by atoms with Crippen molar-refractivity contribution in [3.05, 3.63) is 53.6 Å². The topological polar surface area (TPSA) is 75.6 Å². The summed E-state index contributed by atoms with van der Waals surface area (Å²) in [6.45, 7) is 1.63. The molecular weight excluding hydrogens is 290 g/mol. The molecule has 2 N–H and O–H groups in total. The molecule has 112 valence electrons. The highest BCUT2D eigenvalue weighted by molar-refractivity contribution is 7.92. The van der Waals surface area contributed by atoms with Crippen molar-refractivity contribution in [3.63, 3.8) is 0 Å². The number of rotatable bonds is 5. The van der Waals surface area contributed by atoms with Crippen molar-refractivity contribution in [3.8, 4) is 5.75 Å². The fraction of sp³-hybridized carbons (Fsp3) is 0.200. The second-order valence-corrected chi connectivity index (χ2v) is 6.28. The number of benzene rings is 2. The Morgan fingerprint density at radius 2 is 1.95 bits per heavy atom. The third kappa shape index (κ3) is 3.53. The van der Waals surface area contributed by atoms with Crippen molar-refractivity contribution in [1.82, 2.24) is 0 Å². The van der Waals surface area contributed by atoms with E-state index in [1.165, 1.54) is 12.1 Å². The van der Waals surface area contributed by atoms with Crippen LogP contribution in [-0.4, -0.2) is 20.6 Å². The summed E-state index contributed by atoms with van der Waals surface area (Å²) < 4.78 is 32.3. The molecule has 0 saturated carbocycles. The summed E-state index contributed by atoms with van der Waals surface area (Å²) in [7, 11) is -2.12. The van der Waals surface area contributed by atoms with Gasteiger partial charge >= 0.3 is 0 Å². The fourth-order valence-electron chi connectivity index (χ4n) is 1.97. The molecule has 0 aromatic heterocycles. The van der Waals surface area contributed by atoms with Crippen molar-refractivity contribution in [1.29, 1.82) is 0 Å². The van der Waals surface area contributed by atoms with Crippen LogP contribution in [0.3, 0.4) is 0 Å². The number of aliphatic hydroxyl groups excluding tert-OH is 1. The maximum absolute atomic E-state index is 12.3. The molecule has 0 amide bonds. The number of hydrogen-bond acceptors (Lipinski definition) is 4. The Labute approximate surface area is 124 Å². The lowest BCUT2D eigenvalue weighted by atomic mass is 10.2. The second kappa shape index (κ2) is 6.15. The van der Waals surface area contributed by atoms with Crippen LogP contribution in [0.4, 0.5) is 5.69 Å². The number of aryl methyl sites for hydroxylation is 1. The lowest BCUT2D eigenvalue weighted by Crippen LogP contribution is -2.13. The zero-order valence-electron chi connectivity index (χ0n) is 11.8. The fourth-order valence-corrected chi connectivity index (χ4v) is 3.09. The predicted octanol–water partition coefficient (Wildman–Crippen LogP) is 2.30. The quantitative estimate of drug-likeness (QED) is 0.888. The molecule has 0 spiro atoms. The molecule has 2 aromatic carbocycles. The van der Waals surface area contributed by atoms with Crippen molar-refractivity contribution in [2.45, 2.75) is 18.4 Å². The smallest absolute Gasteiger partial charge is 0.261 e. The van der Waals surface area contributed by atoms with Crippen LogP contribution in [0.15, 0.2) is 47.4 Å². The largest absolute Gasteiger partial charge is 0.496 e. The van der Waals surface area contributed by atoms with E-state index in [1.54, 1.807) is 37.4 Å². The summed E-state index contributed by atoms with van der Waals surface area (Å²) in [5.41, 5.74) is 1.84. The van der Waals surface area contributed by atoms with Gasteiger partial charge in [-0.25, -0.2) is 8.42 Å². The standard InChI is InChI=1S/C15H17NO4S/c1-11-8-13(6-7-15(11)20-2)16-21(18,19)14-5-3-4-12(9-14)10-17/h3-9,16-17H,10H2,1-2H3. The molecule has 0 unspecified atom stereocenters. The maximum Gasteiger partial charge on any atom is 0.261 e. The van der Waals surface area contributed by atoms with Gasteiger partial charge in [0.15, 0.2) is 0 Å². The van der Waals surface area contributed by atoms with E-state index in [0.717, 1.165) is 5.56 Å². The number of sulfonamides is 1. The number of hydrogen-bond donors (Lipinski definition) is 2. The molecule has 0 fully saturated rings. The first kappa shape index (κ1) is 15.3. The average molecular weight is 307 g/mol. The number of ether oxygens (including phenoxy) is 1. The Bertz CT molecular complexity index is 741. The Morgan fingerprint density at radius 3 is 2.57 bits per heavy atom. The molecular formula is C15H17NO4S. The molecule has 2 aromatic rings. The van der Waals surface area contributed by atoms with E-state index < -0.39 is 10.0 Å². The third-order valence-electron chi connectivity index (χ3n) is 3.04. The number of methoxy groups -OCH3 is 1. The predicted molar refractivity (Wildman–Crippen MR) is 80.9 cm³/mol. The van der Waals surface area contributed by atoms with E-state index in [2.05, 4.69) is 4.72 Å². The van der Waals surface area contributed by atoms with Gasteiger partial charge in [-0.05, 0) is 48.4 Å². The molecule has 0 heterocycles. The summed E-state index contributed by atoms with van der Waals surface area (Å²) in [4.78, 5) is 0.113. The van der Waals surface area contributed by atoms with Gasteiger partial charge in [0.1, 0.15) is 5.75 Å². The van der Waals surface area contributed by atoms with Gasteiger partial charge in [0.25, 0.3) is 10.0 Å². The lowest BCUT2D eigenvalue weighted by Gasteiger charge is -2.11. The summed E-state index contributed by atoms with van der Waals surface area (Å²) in [6.07, 6.45) is 0. The van der Waals surface area contributed by atoms with Crippen LogP contribution >= 0.6 is 0 Å². The molecule has 21 heavy (non-hydrogen) atoms. The van der Waals surface area contributed by atoms with Crippen molar-refractivity contribution in [2.24, 2.45) is 0 Å². The highest BCUT2D eigenvalue weighted by Gasteiger charge is 2.15. The van der Waals surface area contributed by atoms with Gasteiger partial charge in [-0.2, -0.15) is 0 Å². The van der Waals surface area contributed by atoms with E-state index in [9.17, 15) is 8.42 Å². The summed E-state index contributed by atoms with van der Waals surface area (Å²) in [5, 5.41) is 9.08. The van der Waals surface area contributed by atoms with Gasteiger partial charge in [0, 0.05) is 5.69 Å². The van der Waals surface area contributed by atoms with Crippen molar-refractivity contribution >= 4 is 15.7 Å². The van der Waals surface area contributed by atoms with Gasteiger partial charge in [0.2, 0.25) is 0 Å². The van der Waals surface area contributed by atoms with Crippen LogP contribution in [0, 0.1) is 6.92 Å². The van der Waals surface area contributed by atoms with Crippen molar-refractivity contribution in [2.75, 3.05) is 11.8 Å². The van der Waals surface area contributed by atoms with Crippen LogP contribution in [0.5, 0.6) is 5.75 Å². The molecule has 0 aliphatic heterocycles. The Balaban J connectivity index is 2.30. The lowest BCUT2D eigenvalue weighted by molar-refractivity contribution is 0.281. The van der Waals surface area contributed by atoms with Crippen LogP contribution in [-0.2, 0) is 16.6 Å². The van der Waals surface area contributed by atoms with E-state index in [1.807, 2.05) is 6.92 Å². The molecule has 0 bridgehead atoms. The minimum Gasteiger partial charge on any atom is -0.496 e.